The molecular weight excluding hydrogens is 921 g/mol. The Hall–Kier alpha value is -7.11. The van der Waals surface area contributed by atoms with E-state index in [1.165, 1.54) is 44.3 Å². The van der Waals surface area contributed by atoms with Crippen molar-refractivity contribution in [1.82, 2.24) is 30.8 Å². The highest BCUT2D eigenvalue weighted by Gasteiger charge is 2.37. The SMILES string of the molecule is Cc1nc(-c2ccc(OCCC(C)(C)C)cc2)nc(N)c1C(=O)N[C@@H](CCN)C(=O)N(C)C1C(=O)N[C@@H](C)C(=O)NC(C(=O)O)Cc2ccc(OC[C@H](O)CN)c(c2)-c2cc1cc(OC[C@H](O)CN)c2O. The molecule has 5 rings (SSSR count). The van der Waals surface area contributed by atoms with Gasteiger partial charge in [0.15, 0.2) is 17.3 Å². The van der Waals surface area contributed by atoms with Crippen LogP contribution in [0.1, 0.15) is 73.8 Å². The van der Waals surface area contributed by atoms with Gasteiger partial charge in [-0.25, -0.2) is 14.8 Å². The van der Waals surface area contributed by atoms with Crippen molar-refractivity contribution in [1.29, 1.82) is 0 Å². The lowest BCUT2D eigenvalue weighted by Crippen LogP contribution is -2.55. The van der Waals surface area contributed by atoms with Gasteiger partial charge in [0, 0.05) is 43.2 Å². The molecule has 22 nitrogen and oxygen atoms in total. The summed E-state index contributed by atoms with van der Waals surface area (Å²) in [5, 5.41) is 50.4. The van der Waals surface area contributed by atoms with E-state index < -0.39 is 78.3 Å². The molecule has 2 heterocycles. The highest BCUT2D eigenvalue weighted by molar-refractivity contribution is 6.02. The molecule has 6 atom stereocenters. The number of aliphatic hydroxyl groups is 2. The van der Waals surface area contributed by atoms with Gasteiger partial charge in [-0.05, 0) is 98.3 Å². The van der Waals surface area contributed by atoms with Crippen LogP contribution >= 0.6 is 0 Å². The summed E-state index contributed by atoms with van der Waals surface area (Å²) in [5.41, 5.74) is 24.9. The van der Waals surface area contributed by atoms with Crippen molar-refractivity contribution in [2.45, 2.75) is 90.3 Å². The Kier molecular flexibility index (Phi) is 18.6. The quantitative estimate of drug-likeness (QED) is 0.0621. The number of phenolic OH excluding ortho intramolecular Hbond substituents is 1. The van der Waals surface area contributed by atoms with Crippen molar-refractivity contribution in [3.8, 4) is 45.5 Å². The molecule has 0 radical (unpaired) electrons. The number of hydrogen-bond acceptors (Lipinski definition) is 17. The van der Waals surface area contributed by atoms with Gasteiger partial charge in [0.25, 0.3) is 5.91 Å². The number of aliphatic hydroxyl groups excluding tert-OH is 2. The zero-order valence-corrected chi connectivity index (χ0v) is 40.7. The number of anilines is 1. The number of nitrogens with two attached hydrogens (primary N) is 4. The molecule has 3 aromatic carbocycles. The predicted molar refractivity (Wildman–Crippen MR) is 262 cm³/mol. The van der Waals surface area contributed by atoms with Crippen LogP contribution in [0.3, 0.4) is 0 Å². The molecular formula is C49H66N10O12. The number of benzene rings is 3. The van der Waals surface area contributed by atoms with Crippen LogP contribution in [0.5, 0.6) is 23.0 Å². The number of aromatic hydroxyl groups is 1. The standard InChI is InChI=1S/C49H66N10O12/c1-25-39(42(53)58-43(54-25)28-8-10-32(11-9-28)69-16-14-49(3,4)5)45(64)56-35(13-15-50)47(66)59(6)40-29-19-34(41(62)38(20-29)71-24-31(61)22-52)33-17-27(7-12-37(33)70-23-30(60)21-51)18-36(48(67)68)57-44(63)26(2)55-46(40)65/h7-12,17,19-20,26,30-31,35-36,40,60-62H,13-16,18,21-24,50-52H2,1-6H3,(H,55,65)(H,56,64)(H,57,63)(H,67,68)(H2,53,54,58)/t26-,30+,31+,35-,36?,40?/m0/s1. The molecule has 22 heteroatoms. The summed E-state index contributed by atoms with van der Waals surface area (Å²) in [6.07, 6.45) is -1.86. The van der Waals surface area contributed by atoms with E-state index >= 15 is 0 Å². The third kappa shape index (κ3) is 14.3. The normalized spacial score (nSPS) is 17.4. The minimum Gasteiger partial charge on any atom is -0.504 e. The molecule has 0 saturated carbocycles. The van der Waals surface area contributed by atoms with Gasteiger partial charge in [-0.2, -0.15) is 0 Å². The number of carboxylic acids is 1. The lowest BCUT2D eigenvalue weighted by Gasteiger charge is -2.33. The monoisotopic (exact) mass is 986 g/mol. The van der Waals surface area contributed by atoms with Crippen molar-refractivity contribution in [3.05, 3.63) is 77.0 Å². The zero-order valence-electron chi connectivity index (χ0n) is 40.7. The van der Waals surface area contributed by atoms with Crippen LogP contribution < -0.4 is 53.1 Å². The first-order valence-corrected chi connectivity index (χ1v) is 23.1. The summed E-state index contributed by atoms with van der Waals surface area (Å²) in [6, 6.07) is 8.21. The van der Waals surface area contributed by atoms with Gasteiger partial charge in [0.1, 0.15) is 72.5 Å². The molecule has 1 aliphatic heterocycles. The van der Waals surface area contributed by atoms with Crippen molar-refractivity contribution in [2.75, 3.05) is 52.2 Å². The minimum absolute atomic E-state index is 0.0128. The Labute approximate surface area is 411 Å². The van der Waals surface area contributed by atoms with Gasteiger partial charge >= 0.3 is 5.97 Å². The number of hydrogen-bond donors (Lipinski definition) is 11. The second-order valence-electron chi connectivity index (χ2n) is 18.5. The minimum atomic E-state index is -1.69. The Balaban J connectivity index is 1.57. The fourth-order valence-electron chi connectivity index (χ4n) is 7.50. The number of fused-ring (bicyclic) bond motifs is 5. The molecule has 0 fully saturated rings. The molecule has 4 aromatic rings. The Morgan fingerprint density at radius 2 is 1.54 bits per heavy atom. The number of aryl methyl sites for hydroxylation is 1. The number of amides is 4. The van der Waals surface area contributed by atoms with Crippen LogP contribution in [0.25, 0.3) is 22.5 Å². The third-order valence-corrected chi connectivity index (χ3v) is 11.6. The number of nitrogen functional groups attached to an aromatic ring is 1. The maximum Gasteiger partial charge on any atom is 0.326 e. The van der Waals surface area contributed by atoms with Gasteiger partial charge < -0.3 is 78.4 Å². The van der Waals surface area contributed by atoms with Crippen LogP contribution in [-0.4, -0.2) is 142 Å². The molecule has 71 heavy (non-hydrogen) atoms. The Bertz CT molecular complexity index is 2530. The van der Waals surface area contributed by atoms with E-state index in [0.717, 1.165) is 11.3 Å². The first-order chi connectivity index (χ1) is 33.5. The topological polar surface area (TPSA) is 363 Å². The van der Waals surface area contributed by atoms with Crippen molar-refractivity contribution in [3.63, 3.8) is 0 Å². The van der Waals surface area contributed by atoms with Crippen LogP contribution in [0, 0.1) is 12.3 Å². The predicted octanol–water partition coefficient (Wildman–Crippen LogP) is 0.896. The fourth-order valence-corrected chi connectivity index (χ4v) is 7.50. The molecule has 4 amide bonds. The second kappa shape index (κ2) is 24.1. The average molecular weight is 987 g/mol. The number of rotatable bonds is 19. The maximum atomic E-state index is 14.8. The van der Waals surface area contributed by atoms with E-state index in [2.05, 4.69) is 46.7 Å². The molecule has 0 saturated heterocycles. The number of nitrogens with one attached hydrogen (secondary N) is 3. The summed E-state index contributed by atoms with van der Waals surface area (Å²) in [7, 11) is 1.27. The first kappa shape index (κ1) is 54.8. The molecule has 1 aliphatic rings. The van der Waals surface area contributed by atoms with E-state index in [-0.39, 0.29) is 95.6 Å². The van der Waals surface area contributed by atoms with E-state index in [4.69, 9.17) is 37.1 Å². The van der Waals surface area contributed by atoms with Crippen LogP contribution in [0.15, 0.2) is 54.6 Å². The van der Waals surface area contributed by atoms with E-state index in [0.29, 0.717) is 23.5 Å². The van der Waals surface area contributed by atoms with Gasteiger partial charge in [-0.15, -0.1) is 0 Å². The molecule has 384 valence electrons. The number of aliphatic carboxylic acids is 1. The molecule has 2 unspecified atom stereocenters. The van der Waals surface area contributed by atoms with Crippen molar-refractivity contribution >= 4 is 35.4 Å². The molecule has 15 N–H and O–H groups in total. The average Bonchev–Trinajstić information content (AvgIpc) is 3.31. The number of carbonyl (C=O) groups excluding carboxylic acids is 4. The van der Waals surface area contributed by atoms with Crippen LogP contribution in [0.2, 0.25) is 0 Å². The molecule has 0 spiro atoms. The second-order valence-corrected chi connectivity index (χ2v) is 18.5. The number of likely N-dealkylation sites (N-methyl/N-ethyl adjacent to an activating group) is 1. The number of ether oxygens (including phenoxy) is 3. The highest BCUT2D eigenvalue weighted by Crippen LogP contribution is 2.45. The van der Waals surface area contributed by atoms with Crippen LogP contribution in [0.4, 0.5) is 5.82 Å². The number of phenols is 1. The van der Waals surface area contributed by atoms with Crippen molar-refractivity contribution in [2.24, 2.45) is 22.6 Å². The number of carbonyl (C=O) groups is 5. The summed E-state index contributed by atoms with van der Waals surface area (Å²) < 4.78 is 17.7. The number of carboxylic acid groups (broad SMARTS) is 1. The van der Waals surface area contributed by atoms with E-state index in [9.17, 15) is 44.4 Å². The number of nitrogens with zero attached hydrogens (tertiary/aromatic N) is 3. The van der Waals surface area contributed by atoms with Gasteiger partial charge in [-0.1, -0.05) is 26.8 Å². The largest absolute Gasteiger partial charge is 0.504 e. The van der Waals surface area contributed by atoms with Crippen molar-refractivity contribution < 1.29 is 58.6 Å². The van der Waals surface area contributed by atoms with Crippen LogP contribution in [-0.2, 0) is 25.6 Å². The smallest absolute Gasteiger partial charge is 0.326 e. The van der Waals surface area contributed by atoms with E-state index in [1.54, 1.807) is 31.2 Å². The maximum absolute atomic E-state index is 14.8. The fraction of sp³-hybridized carbons (Fsp3) is 0.449. The summed E-state index contributed by atoms with van der Waals surface area (Å²) in [5.74, 6) is -4.92. The lowest BCUT2D eigenvalue weighted by atomic mass is 9.93. The van der Waals surface area contributed by atoms with Gasteiger partial charge in [0.2, 0.25) is 17.7 Å². The first-order valence-electron chi connectivity index (χ1n) is 23.1. The Morgan fingerprint density at radius 1 is 0.887 bits per heavy atom. The molecule has 1 aromatic heterocycles. The summed E-state index contributed by atoms with van der Waals surface area (Å²) in [6.45, 7) is 8.55. The number of aromatic nitrogens is 2. The van der Waals surface area contributed by atoms with Gasteiger partial charge in [0.05, 0.1) is 12.3 Å². The Morgan fingerprint density at radius 3 is 2.13 bits per heavy atom. The van der Waals surface area contributed by atoms with Gasteiger partial charge in [-0.3, -0.25) is 19.2 Å². The lowest BCUT2D eigenvalue weighted by molar-refractivity contribution is -0.143. The van der Waals surface area contributed by atoms with E-state index in [1.807, 2.05) is 0 Å². The summed E-state index contributed by atoms with van der Waals surface area (Å²) >= 11 is 0. The third-order valence-electron chi connectivity index (χ3n) is 11.6. The summed E-state index contributed by atoms with van der Waals surface area (Å²) in [4.78, 5) is 79.5. The zero-order chi connectivity index (χ0) is 52.3. The molecule has 4 bridgehead atoms. The highest BCUT2D eigenvalue weighted by atomic mass is 16.5. The molecule has 0 aliphatic carbocycles.